The molecule has 1 aromatic carbocycles. The van der Waals surface area contributed by atoms with E-state index in [2.05, 4.69) is 6.07 Å². The highest BCUT2D eigenvalue weighted by atomic mass is 32.2. The van der Waals surface area contributed by atoms with Gasteiger partial charge in [-0.2, -0.15) is 11.8 Å². The van der Waals surface area contributed by atoms with Crippen LogP contribution in [0.2, 0.25) is 0 Å². The van der Waals surface area contributed by atoms with Gasteiger partial charge < -0.3 is 9.84 Å². The summed E-state index contributed by atoms with van der Waals surface area (Å²) in [5, 5.41) is 8.89. The first-order valence-electron chi connectivity index (χ1n) is 6.65. The Morgan fingerprint density at radius 3 is 2.79 bits per heavy atom. The largest absolute Gasteiger partial charge is 0.494 e. The monoisotopic (exact) mass is 280 g/mol. The number of hydrogen-bond acceptors (Lipinski definition) is 3. The topological polar surface area (TPSA) is 46.5 Å². The highest BCUT2D eigenvalue weighted by molar-refractivity contribution is 7.98. The molecule has 0 saturated heterocycles. The molecule has 1 aliphatic carbocycles. The van der Waals surface area contributed by atoms with Crippen molar-refractivity contribution in [3.8, 4) is 5.75 Å². The summed E-state index contributed by atoms with van der Waals surface area (Å²) in [6, 6.07) is 8.06. The molecular weight excluding hydrogens is 260 g/mol. The lowest BCUT2D eigenvalue weighted by Crippen LogP contribution is -2.11. The van der Waals surface area contributed by atoms with Gasteiger partial charge in [-0.3, -0.25) is 4.79 Å². The van der Waals surface area contributed by atoms with Crippen LogP contribution in [0, 0.1) is 5.41 Å². The van der Waals surface area contributed by atoms with Crippen molar-refractivity contribution in [2.45, 2.75) is 31.9 Å². The molecule has 0 aliphatic heterocycles. The molecule has 0 bridgehead atoms. The molecule has 0 spiro atoms. The van der Waals surface area contributed by atoms with E-state index < -0.39 is 5.97 Å². The Labute approximate surface area is 118 Å². The molecule has 4 heteroatoms. The van der Waals surface area contributed by atoms with Gasteiger partial charge in [0.2, 0.25) is 0 Å². The van der Waals surface area contributed by atoms with Crippen molar-refractivity contribution < 1.29 is 14.6 Å². The zero-order valence-corrected chi connectivity index (χ0v) is 12.0. The second-order valence-electron chi connectivity index (χ2n) is 5.10. The number of hydrogen-bond donors (Lipinski definition) is 1. The minimum absolute atomic E-state index is 0.0665. The zero-order valence-electron chi connectivity index (χ0n) is 11.2. The lowest BCUT2D eigenvalue weighted by molar-refractivity contribution is -0.138. The van der Waals surface area contributed by atoms with Crippen LogP contribution in [0.1, 0.15) is 31.7 Å². The molecule has 2 rings (SSSR count). The number of carboxylic acids is 1. The van der Waals surface area contributed by atoms with Crippen LogP contribution in [0.3, 0.4) is 0 Å². The van der Waals surface area contributed by atoms with Gasteiger partial charge in [0.15, 0.2) is 0 Å². The summed E-state index contributed by atoms with van der Waals surface area (Å²) in [7, 11) is 0. The Morgan fingerprint density at radius 2 is 2.16 bits per heavy atom. The number of ether oxygens (including phenoxy) is 1. The van der Waals surface area contributed by atoms with Crippen LogP contribution in [-0.2, 0) is 10.5 Å². The highest BCUT2D eigenvalue weighted by Crippen LogP contribution is 2.51. The Kier molecular flexibility index (Phi) is 4.75. The van der Waals surface area contributed by atoms with Crippen molar-refractivity contribution in [1.82, 2.24) is 0 Å². The molecular formula is C15H20O3S. The van der Waals surface area contributed by atoms with Crippen LogP contribution >= 0.6 is 11.8 Å². The summed E-state index contributed by atoms with van der Waals surface area (Å²) in [6.45, 7) is 2.65. The molecule has 1 aromatic rings. The van der Waals surface area contributed by atoms with Crippen LogP contribution in [0.4, 0.5) is 0 Å². The van der Waals surface area contributed by atoms with E-state index in [1.165, 1.54) is 5.56 Å². The first-order valence-corrected chi connectivity index (χ1v) is 7.81. The lowest BCUT2D eigenvalue weighted by atomic mass is 10.1. The maximum absolute atomic E-state index is 10.8. The maximum atomic E-state index is 10.8. The van der Waals surface area contributed by atoms with Crippen molar-refractivity contribution in [2.24, 2.45) is 5.41 Å². The molecule has 1 N–H and O–H groups in total. The highest BCUT2D eigenvalue weighted by Gasteiger charge is 2.44. The predicted octanol–water partition coefficient (Wildman–Crippen LogP) is 3.57. The quantitative estimate of drug-likeness (QED) is 0.790. The van der Waals surface area contributed by atoms with Crippen LogP contribution in [0.15, 0.2) is 24.3 Å². The fourth-order valence-electron chi connectivity index (χ4n) is 2.17. The molecule has 0 atom stereocenters. The summed E-state index contributed by atoms with van der Waals surface area (Å²) in [5.74, 6) is 2.09. The van der Waals surface area contributed by atoms with Crippen molar-refractivity contribution >= 4 is 17.7 Å². The third-order valence-corrected chi connectivity index (χ3v) is 4.75. The van der Waals surface area contributed by atoms with E-state index in [1.807, 2.05) is 36.9 Å². The Morgan fingerprint density at radius 1 is 1.42 bits per heavy atom. The van der Waals surface area contributed by atoms with Crippen LogP contribution in [0.25, 0.3) is 0 Å². The van der Waals surface area contributed by atoms with E-state index >= 15 is 0 Å². The van der Waals surface area contributed by atoms with Gasteiger partial charge >= 0.3 is 5.97 Å². The third kappa shape index (κ3) is 4.16. The predicted molar refractivity (Wildman–Crippen MR) is 77.7 cm³/mol. The van der Waals surface area contributed by atoms with Crippen LogP contribution < -0.4 is 4.74 Å². The molecule has 1 saturated carbocycles. The molecule has 0 unspecified atom stereocenters. The van der Waals surface area contributed by atoms with Crippen molar-refractivity contribution in [2.75, 3.05) is 12.4 Å². The smallest absolute Gasteiger partial charge is 0.303 e. The first kappa shape index (κ1) is 14.3. The van der Waals surface area contributed by atoms with E-state index in [0.29, 0.717) is 13.0 Å². The molecule has 0 aromatic heterocycles. The molecule has 0 heterocycles. The van der Waals surface area contributed by atoms with Gasteiger partial charge in [-0.1, -0.05) is 18.2 Å². The number of aliphatic carboxylic acids is 1. The van der Waals surface area contributed by atoms with Gasteiger partial charge in [-0.25, -0.2) is 0 Å². The molecule has 0 amide bonds. The SMILES string of the molecule is CCOc1ccccc1CSCC1(CC(=O)O)CC1. The van der Waals surface area contributed by atoms with Gasteiger partial charge in [-0.05, 0) is 37.0 Å². The number of rotatable bonds is 8. The van der Waals surface area contributed by atoms with E-state index in [4.69, 9.17) is 9.84 Å². The summed E-state index contributed by atoms with van der Waals surface area (Å²) >= 11 is 1.81. The second kappa shape index (κ2) is 6.33. The van der Waals surface area contributed by atoms with Gasteiger partial charge in [0, 0.05) is 11.3 Å². The van der Waals surface area contributed by atoms with Gasteiger partial charge in [0.1, 0.15) is 5.75 Å². The normalized spacial score (nSPS) is 16.1. The summed E-state index contributed by atoms with van der Waals surface area (Å²) in [4.78, 5) is 10.8. The van der Waals surface area contributed by atoms with Gasteiger partial charge in [-0.15, -0.1) is 0 Å². The molecule has 1 fully saturated rings. The standard InChI is InChI=1S/C15H20O3S/c1-2-18-13-6-4-3-5-12(13)10-19-11-15(7-8-15)9-14(16)17/h3-6H,2,7-11H2,1H3,(H,16,17). The number of carbonyl (C=O) groups is 1. The molecule has 104 valence electrons. The lowest BCUT2D eigenvalue weighted by Gasteiger charge is -2.13. The van der Waals surface area contributed by atoms with Crippen molar-refractivity contribution in [1.29, 1.82) is 0 Å². The average molecular weight is 280 g/mol. The molecule has 3 nitrogen and oxygen atoms in total. The van der Waals surface area contributed by atoms with Crippen LogP contribution in [0.5, 0.6) is 5.75 Å². The zero-order chi connectivity index (χ0) is 13.7. The summed E-state index contributed by atoms with van der Waals surface area (Å²) < 4.78 is 5.59. The number of carboxylic acid groups (broad SMARTS) is 1. The fraction of sp³-hybridized carbons (Fsp3) is 0.533. The van der Waals surface area contributed by atoms with Gasteiger partial charge in [0.25, 0.3) is 0 Å². The third-order valence-electron chi connectivity index (χ3n) is 3.42. The summed E-state index contributed by atoms with van der Waals surface area (Å²) in [6.07, 6.45) is 2.42. The van der Waals surface area contributed by atoms with E-state index in [1.54, 1.807) is 0 Å². The van der Waals surface area contributed by atoms with E-state index in [-0.39, 0.29) is 5.41 Å². The fourth-order valence-corrected chi connectivity index (χ4v) is 3.55. The molecule has 0 radical (unpaired) electrons. The number of thioether (sulfide) groups is 1. The Hall–Kier alpha value is -1.16. The maximum Gasteiger partial charge on any atom is 0.303 e. The molecule has 1 aliphatic rings. The Balaban J connectivity index is 1.84. The first-order chi connectivity index (χ1) is 9.15. The minimum Gasteiger partial charge on any atom is -0.494 e. The van der Waals surface area contributed by atoms with Crippen molar-refractivity contribution in [3.63, 3.8) is 0 Å². The molecule has 19 heavy (non-hydrogen) atoms. The minimum atomic E-state index is -0.673. The van der Waals surface area contributed by atoms with E-state index in [9.17, 15) is 4.79 Å². The number of para-hydroxylation sites is 1. The second-order valence-corrected chi connectivity index (χ2v) is 6.09. The Bertz CT molecular complexity index is 441. The van der Waals surface area contributed by atoms with Crippen LogP contribution in [-0.4, -0.2) is 23.4 Å². The average Bonchev–Trinajstić information content (AvgIpc) is 3.11. The number of benzene rings is 1. The van der Waals surface area contributed by atoms with E-state index in [0.717, 1.165) is 30.1 Å². The summed E-state index contributed by atoms with van der Waals surface area (Å²) in [5.41, 5.74) is 1.26. The van der Waals surface area contributed by atoms with Crippen molar-refractivity contribution in [3.05, 3.63) is 29.8 Å². The van der Waals surface area contributed by atoms with Gasteiger partial charge in [0.05, 0.1) is 13.0 Å².